The van der Waals surface area contributed by atoms with Gasteiger partial charge in [0.1, 0.15) is 17.5 Å². The van der Waals surface area contributed by atoms with E-state index in [4.69, 9.17) is 16.3 Å². The van der Waals surface area contributed by atoms with E-state index in [1.807, 2.05) is 12.2 Å². The lowest BCUT2D eigenvalue weighted by Crippen LogP contribution is -2.58. The van der Waals surface area contributed by atoms with Crippen molar-refractivity contribution in [2.24, 2.45) is 23.7 Å². The highest BCUT2D eigenvalue weighted by atomic mass is 35.5. The molecule has 3 amide bonds. The number of likely N-dealkylation sites (tertiary alicyclic amines) is 1. The number of allylic oxidation sites excluding steroid dienone is 1. The minimum absolute atomic E-state index is 0.0320. The number of hydrogen-bond donors (Lipinski definition) is 2. The van der Waals surface area contributed by atoms with E-state index in [1.165, 1.54) is 30.2 Å². The minimum Gasteiger partial charge on any atom is -0.359 e. The van der Waals surface area contributed by atoms with Gasteiger partial charge in [0.25, 0.3) is 0 Å². The third-order valence-electron chi connectivity index (χ3n) is 10.2. The number of fused-ring (bicyclic) bond motifs is 1. The molecule has 3 aliphatic heterocycles. The second kappa shape index (κ2) is 11.2. The molecule has 7 nitrogen and oxygen atoms in total. The third-order valence-corrected chi connectivity index (χ3v) is 10.5. The van der Waals surface area contributed by atoms with Crippen LogP contribution in [0.4, 0.5) is 10.1 Å². The maximum Gasteiger partial charge on any atom is 0.246 e. The summed E-state index contributed by atoms with van der Waals surface area (Å²) in [7, 11) is 0. The molecule has 1 spiro atoms. The van der Waals surface area contributed by atoms with Crippen molar-refractivity contribution in [1.29, 1.82) is 0 Å². The Morgan fingerprint density at radius 1 is 1.17 bits per heavy atom. The fourth-order valence-electron chi connectivity index (χ4n) is 7.75. The van der Waals surface area contributed by atoms with Crippen molar-refractivity contribution in [3.05, 3.63) is 52.8 Å². The molecule has 9 heteroatoms. The molecule has 2 bridgehead atoms. The molecule has 5 aliphatic rings. The number of carbonyl (C=O) groups is 3. The Bertz CT molecular complexity index is 1300. The lowest BCUT2D eigenvalue weighted by Gasteiger charge is -2.38. The Morgan fingerprint density at radius 3 is 2.76 bits per heavy atom. The van der Waals surface area contributed by atoms with Gasteiger partial charge in [-0.25, -0.2) is 4.39 Å². The number of ether oxygens (including phenoxy) is 1. The van der Waals surface area contributed by atoms with E-state index in [1.54, 1.807) is 4.90 Å². The van der Waals surface area contributed by atoms with Crippen LogP contribution in [0.15, 0.2) is 42.0 Å². The van der Waals surface area contributed by atoms with Gasteiger partial charge >= 0.3 is 0 Å². The monoisotopic (exact) mass is 583 g/mol. The quantitative estimate of drug-likeness (QED) is 0.421. The summed E-state index contributed by atoms with van der Waals surface area (Å²) in [5.41, 5.74) is 0.442. The Morgan fingerprint density at radius 2 is 2.00 bits per heavy atom. The molecule has 41 heavy (non-hydrogen) atoms. The van der Waals surface area contributed by atoms with E-state index >= 15 is 0 Å². The van der Waals surface area contributed by atoms with Gasteiger partial charge in [0, 0.05) is 18.3 Å². The molecule has 0 aromatic heterocycles. The molecule has 3 heterocycles. The van der Waals surface area contributed by atoms with Crippen molar-refractivity contribution in [3.8, 4) is 0 Å². The van der Waals surface area contributed by atoms with Crippen LogP contribution >= 0.6 is 11.6 Å². The average Bonchev–Trinajstić information content (AvgIpc) is 3.60. The van der Waals surface area contributed by atoms with E-state index < -0.39 is 41.3 Å². The van der Waals surface area contributed by atoms with Crippen LogP contribution in [0.3, 0.4) is 0 Å². The van der Waals surface area contributed by atoms with Crippen LogP contribution in [0.25, 0.3) is 0 Å². The number of amides is 3. The van der Waals surface area contributed by atoms with Crippen LogP contribution < -0.4 is 10.6 Å². The highest BCUT2D eigenvalue weighted by Crippen LogP contribution is 2.55. The fraction of sp³-hybridized carbons (Fsp3) is 0.594. The van der Waals surface area contributed by atoms with E-state index in [9.17, 15) is 18.8 Å². The lowest BCUT2D eigenvalue weighted by atomic mass is 9.73. The molecule has 2 N–H and O–H groups in total. The molecule has 1 aromatic carbocycles. The minimum atomic E-state index is -1.21. The van der Waals surface area contributed by atoms with Gasteiger partial charge in [-0.1, -0.05) is 62.1 Å². The van der Waals surface area contributed by atoms with Gasteiger partial charge < -0.3 is 20.3 Å². The van der Waals surface area contributed by atoms with Crippen molar-refractivity contribution in [3.63, 3.8) is 0 Å². The number of rotatable bonds is 7. The molecule has 220 valence electrons. The van der Waals surface area contributed by atoms with Crippen molar-refractivity contribution >= 4 is 35.0 Å². The Balaban J connectivity index is 1.28. The maximum absolute atomic E-state index is 14.2. The zero-order valence-electron chi connectivity index (χ0n) is 23.7. The first-order valence-corrected chi connectivity index (χ1v) is 15.5. The van der Waals surface area contributed by atoms with Crippen LogP contribution in [0.2, 0.25) is 5.02 Å². The highest BCUT2D eigenvalue weighted by Gasteiger charge is 2.72. The van der Waals surface area contributed by atoms with Crippen molar-refractivity contribution in [1.82, 2.24) is 10.2 Å². The topological polar surface area (TPSA) is 87.7 Å². The number of benzene rings is 1. The van der Waals surface area contributed by atoms with E-state index in [0.29, 0.717) is 30.5 Å². The predicted octanol–water partition coefficient (Wildman–Crippen LogP) is 5.40. The molecule has 3 fully saturated rings. The number of hydrogen-bond acceptors (Lipinski definition) is 4. The molecule has 8 atom stereocenters. The Labute approximate surface area is 245 Å². The summed E-state index contributed by atoms with van der Waals surface area (Å²) < 4.78 is 20.2. The van der Waals surface area contributed by atoms with E-state index in [-0.39, 0.29) is 22.9 Å². The zero-order chi connectivity index (χ0) is 28.9. The molecule has 2 aliphatic carbocycles. The average molecular weight is 584 g/mol. The molecule has 1 saturated carbocycles. The molecule has 1 aromatic rings. The first-order valence-electron chi connectivity index (χ1n) is 15.1. The Hall–Kier alpha value is -2.71. The van der Waals surface area contributed by atoms with Crippen molar-refractivity contribution < 1.29 is 23.5 Å². The highest BCUT2D eigenvalue weighted by molar-refractivity contribution is 6.31. The number of halogens is 2. The van der Waals surface area contributed by atoms with Crippen LogP contribution in [-0.4, -0.2) is 53.0 Å². The first-order chi connectivity index (χ1) is 19.7. The number of anilines is 1. The van der Waals surface area contributed by atoms with Crippen LogP contribution in [0.5, 0.6) is 0 Å². The summed E-state index contributed by atoms with van der Waals surface area (Å²) in [6, 6.07) is 3.14. The summed E-state index contributed by atoms with van der Waals surface area (Å²) in [6.45, 7) is 4.81. The summed E-state index contributed by atoms with van der Waals surface area (Å²) in [4.78, 5) is 43.6. The number of carbonyl (C=O) groups excluding carboxylic acids is 3. The molecule has 0 radical (unpaired) electrons. The second-order valence-corrected chi connectivity index (χ2v) is 13.0. The van der Waals surface area contributed by atoms with Gasteiger partial charge in [-0.3, -0.25) is 14.4 Å². The summed E-state index contributed by atoms with van der Waals surface area (Å²) in [6.07, 6.45) is 13.5. The molecular formula is C32H39ClFN3O4. The van der Waals surface area contributed by atoms with Crippen LogP contribution in [0, 0.1) is 29.5 Å². The predicted molar refractivity (Wildman–Crippen MR) is 155 cm³/mol. The summed E-state index contributed by atoms with van der Waals surface area (Å²) in [5, 5.41) is 6.00. The smallest absolute Gasteiger partial charge is 0.246 e. The fourth-order valence-corrected chi connectivity index (χ4v) is 7.93. The molecule has 2 saturated heterocycles. The summed E-state index contributed by atoms with van der Waals surface area (Å²) in [5.74, 6) is -2.24. The standard InChI is InChI=1S/C32H39ClFN3O4/c1-18-7-6-10-24(19(18)2)36-30(39)28-32-15-13-25(41-32)26(29(38)35-21-11-12-23(34)22(33)17-21)27(32)31(40)37(28)16-14-20-8-4-3-5-9-20/h8,11-13,15,17-19,24-28H,3-7,9-10,14,16H2,1-2H3,(H,35,38)(H,36,39)/t18-,19+,24+,25+,26-,27+,28+,32+/m1/s1. The van der Waals surface area contributed by atoms with E-state index in [2.05, 4.69) is 30.6 Å². The number of nitrogens with one attached hydrogen (secondary N) is 2. The van der Waals surface area contributed by atoms with Gasteiger partial charge in [0.2, 0.25) is 17.7 Å². The normalized spacial score (nSPS) is 35.8. The van der Waals surface area contributed by atoms with Gasteiger partial charge in [-0.2, -0.15) is 0 Å². The second-order valence-electron chi connectivity index (χ2n) is 12.6. The van der Waals surface area contributed by atoms with Crippen molar-refractivity contribution in [2.45, 2.75) is 89.0 Å². The van der Waals surface area contributed by atoms with Crippen molar-refractivity contribution in [2.75, 3.05) is 11.9 Å². The van der Waals surface area contributed by atoms with Crippen LogP contribution in [-0.2, 0) is 19.1 Å². The van der Waals surface area contributed by atoms with Gasteiger partial charge in [-0.15, -0.1) is 0 Å². The van der Waals surface area contributed by atoms with Gasteiger partial charge in [0.15, 0.2) is 0 Å². The first kappa shape index (κ1) is 28.4. The molecular weight excluding hydrogens is 545 g/mol. The summed E-state index contributed by atoms with van der Waals surface area (Å²) >= 11 is 5.93. The SMILES string of the molecule is C[C@H]1[C@H](C)CCC[C@@H]1NC(=O)[C@@H]1N(CCC2=CCCCC2)C(=O)[C@@H]2[C@H](C(=O)Nc3ccc(F)c(Cl)c3)[C@@H]3C=C[C@]21O3. The molecule has 0 unspecified atom stereocenters. The van der Waals surface area contributed by atoms with E-state index in [0.717, 1.165) is 38.5 Å². The van der Waals surface area contributed by atoms with Gasteiger partial charge in [0.05, 0.1) is 23.0 Å². The largest absolute Gasteiger partial charge is 0.359 e. The molecule has 6 rings (SSSR count). The lowest BCUT2D eigenvalue weighted by molar-refractivity contribution is -0.141. The van der Waals surface area contributed by atoms with Crippen LogP contribution in [0.1, 0.15) is 65.2 Å². The zero-order valence-corrected chi connectivity index (χ0v) is 24.5. The van der Waals surface area contributed by atoms with Gasteiger partial charge in [-0.05, 0) is 68.6 Å². The Kier molecular flexibility index (Phi) is 7.74. The maximum atomic E-state index is 14.2. The number of nitrogens with zero attached hydrogens (tertiary/aromatic N) is 1. The third kappa shape index (κ3) is 5.01.